The molecule has 212 valence electrons. The van der Waals surface area contributed by atoms with Gasteiger partial charge in [0.25, 0.3) is 5.91 Å². The van der Waals surface area contributed by atoms with E-state index in [0.29, 0.717) is 34.8 Å². The van der Waals surface area contributed by atoms with E-state index in [-0.39, 0.29) is 37.2 Å². The van der Waals surface area contributed by atoms with Crippen molar-refractivity contribution in [2.75, 3.05) is 29.9 Å². The highest BCUT2D eigenvalue weighted by Gasteiger charge is 2.42. The van der Waals surface area contributed by atoms with Gasteiger partial charge in [-0.2, -0.15) is 0 Å². The molecule has 40 heavy (non-hydrogen) atoms. The van der Waals surface area contributed by atoms with E-state index in [1.807, 2.05) is 0 Å². The highest BCUT2D eigenvalue weighted by Crippen LogP contribution is 2.35. The molecule has 2 fully saturated rings. The molecule has 2 aliphatic rings. The van der Waals surface area contributed by atoms with Crippen molar-refractivity contribution in [1.82, 2.24) is 19.9 Å². The molecule has 0 radical (unpaired) electrons. The number of aromatic nitrogens is 3. The van der Waals surface area contributed by atoms with Crippen LogP contribution in [0.15, 0.2) is 30.6 Å². The highest BCUT2D eigenvalue weighted by molar-refractivity contribution is 7.16. The number of benzene rings is 1. The van der Waals surface area contributed by atoms with Gasteiger partial charge in [-0.25, -0.2) is 32.9 Å². The Balaban J connectivity index is 1.33. The van der Waals surface area contributed by atoms with Crippen LogP contribution in [0.3, 0.4) is 0 Å². The average Bonchev–Trinajstić information content (AvgIpc) is 3.54. The molecule has 1 amide bonds. The molecule has 0 spiro atoms. The summed E-state index contributed by atoms with van der Waals surface area (Å²) in [6.07, 6.45) is 4.49. The topological polar surface area (TPSA) is 112 Å². The number of hydrogen-bond donors (Lipinski definition) is 2. The molecule has 4 heterocycles. The van der Waals surface area contributed by atoms with Gasteiger partial charge >= 0.3 is 5.97 Å². The highest BCUT2D eigenvalue weighted by atomic mass is 32.1. The number of rotatable bonds is 8. The number of nitrogens with one attached hydrogen (secondary N) is 1. The molecule has 3 aromatic rings. The molecule has 2 N–H and O–H groups in total. The molecule has 0 bridgehead atoms. The van der Waals surface area contributed by atoms with Crippen LogP contribution >= 0.6 is 11.3 Å². The van der Waals surface area contributed by atoms with Gasteiger partial charge in [-0.3, -0.25) is 15.0 Å². The fourth-order valence-corrected chi connectivity index (χ4v) is 6.09. The zero-order chi connectivity index (χ0) is 28.4. The number of carbonyl (C=O) groups is 2. The van der Waals surface area contributed by atoms with E-state index in [4.69, 9.17) is 5.11 Å². The molecular formula is C27H29F3N6O3S. The lowest BCUT2D eigenvalue weighted by atomic mass is 9.93. The molecule has 1 atom stereocenters. The fourth-order valence-electron chi connectivity index (χ4n) is 5.08. The first-order chi connectivity index (χ1) is 19.1. The number of halogens is 3. The maximum Gasteiger partial charge on any atom is 0.341 e. The van der Waals surface area contributed by atoms with Crippen LogP contribution in [-0.4, -0.2) is 68.2 Å². The Morgan fingerprint density at radius 2 is 1.95 bits per heavy atom. The van der Waals surface area contributed by atoms with E-state index in [0.717, 1.165) is 30.3 Å². The van der Waals surface area contributed by atoms with Crippen molar-refractivity contribution in [3.63, 3.8) is 0 Å². The zero-order valence-electron chi connectivity index (χ0n) is 21.9. The number of amides is 1. The number of hydrogen-bond acceptors (Lipinski definition) is 8. The molecule has 2 aromatic heterocycles. The van der Waals surface area contributed by atoms with Crippen LogP contribution in [0.1, 0.15) is 53.5 Å². The van der Waals surface area contributed by atoms with E-state index in [2.05, 4.69) is 32.1 Å². The van der Waals surface area contributed by atoms with Crippen LogP contribution < -0.4 is 10.2 Å². The van der Waals surface area contributed by atoms with Gasteiger partial charge in [0.05, 0.1) is 18.1 Å². The predicted molar refractivity (Wildman–Crippen MR) is 144 cm³/mol. The lowest BCUT2D eigenvalue weighted by molar-refractivity contribution is -0.152. The average molecular weight is 575 g/mol. The summed E-state index contributed by atoms with van der Waals surface area (Å²) in [6, 6.07) is 4.40. The van der Waals surface area contributed by atoms with Crippen molar-refractivity contribution in [3.05, 3.63) is 52.5 Å². The number of anilines is 2. The molecule has 0 aliphatic carbocycles. The Kier molecular flexibility index (Phi) is 8.04. The van der Waals surface area contributed by atoms with Crippen molar-refractivity contribution < 1.29 is 27.9 Å². The van der Waals surface area contributed by atoms with E-state index >= 15 is 0 Å². The van der Waals surface area contributed by atoms with E-state index in [9.17, 15) is 22.8 Å². The minimum Gasteiger partial charge on any atom is -0.479 e. The maximum absolute atomic E-state index is 14.3. The van der Waals surface area contributed by atoms with Crippen LogP contribution in [0.25, 0.3) is 11.3 Å². The molecule has 0 saturated carbocycles. The van der Waals surface area contributed by atoms with E-state index < -0.39 is 30.0 Å². The Bertz CT molecular complexity index is 1390. The van der Waals surface area contributed by atoms with Crippen molar-refractivity contribution in [3.8, 4) is 11.3 Å². The van der Waals surface area contributed by atoms with Crippen molar-refractivity contribution in [1.29, 1.82) is 0 Å². The molecular weight excluding hydrogens is 545 g/mol. The molecule has 13 heteroatoms. The fraction of sp³-hybridized carbons (Fsp3) is 0.444. The number of nitrogens with zero attached hydrogens (tertiary/aromatic N) is 5. The Morgan fingerprint density at radius 1 is 1.18 bits per heavy atom. The number of carboxylic acids is 1. The van der Waals surface area contributed by atoms with Gasteiger partial charge in [0, 0.05) is 49.0 Å². The lowest BCUT2D eigenvalue weighted by Crippen LogP contribution is -2.46. The quantitative estimate of drug-likeness (QED) is 0.393. The standard InChI is InChI=1S/C27H29F3N6O3S/c1-16-3-2-6-36(16)15-21-23(18-9-17(12-28)10-19(29)11-18)33-26(40-21)34-24(37)20-13-32-22(14-31-20)35-7-4-27(30,5-8-35)25(38)39/h9-11,13-14,16H,2-8,12,15H2,1H3,(H,38,39)(H,33,34,37)/t16-/m1/s1. The van der Waals surface area contributed by atoms with Crippen LogP contribution in [0.5, 0.6) is 0 Å². The number of piperidine rings is 1. The second kappa shape index (κ2) is 11.5. The largest absolute Gasteiger partial charge is 0.479 e. The maximum atomic E-state index is 14.3. The third-order valence-corrected chi connectivity index (χ3v) is 8.43. The minimum atomic E-state index is -2.25. The van der Waals surface area contributed by atoms with Gasteiger partial charge in [0.15, 0.2) is 5.13 Å². The van der Waals surface area contributed by atoms with Crippen LogP contribution in [0.4, 0.5) is 24.1 Å². The van der Waals surface area contributed by atoms with Crippen LogP contribution in [-0.2, 0) is 18.0 Å². The number of aliphatic carboxylic acids is 1. The van der Waals surface area contributed by atoms with Crippen molar-refractivity contribution in [2.45, 2.75) is 57.5 Å². The summed E-state index contributed by atoms with van der Waals surface area (Å²) in [4.78, 5) is 42.0. The summed E-state index contributed by atoms with van der Waals surface area (Å²) in [5, 5.41) is 12.1. The Hall–Kier alpha value is -3.58. The van der Waals surface area contributed by atoms with Gasteiger partial charge in [-0.05, 0) is 50.1 Å². The summed E-state index contributed by atoms with van der Waals surface area (Å²) in [5.41, 5.74) is -1.08. The molecule has 2 saturated heterocycles. The molecule has 9 nitrogen and oxygen atoms in total. The number of carboxylic acid groups (broad SMARTS) is 1. The first-order valence-corrected chi connectivity index (χ1v) is 13.9. The summed E-state index contributed by atoms with van der Waals surface area (Å²) >= 11 is 1.27. The molecule has 2 aliphatic heterocycles. The van der Waals surface area contributed by atoms with Gasteiger partial charge < -0.3 is 10.0 Å². The van der Waals surface area contributed by atoms with Gasteiger partial charge in [0.2, 0.25) is 5.67 Å². The van der Waals surface area contributed by atoms with Crippen molar-refractivity contribution in [2.24, 2.45) is 0 Å². The number of likely N-dealkylation sites (tertiary alicyclic amines) is 1. The number of alkyl halides is 2. The van der Waals surface area contributed by atoms with Gasteiger partial charge in [-0.15, -0.1) is 0 Å². The normalized spacial score (nSPS) is 19.1. The van der Waals surface area contributed by atoms with Crippen molar-refractivity contribution >= 4 is 34.2 Å². The number of carbonyl (C=O) groups excluding carboxylic acids is 1. The Labute approximate surface area is 233 Å². The summed E-state index contributed by atoms with van der Waals surface area (Å²) in [5.74, 6) is -2.16. The lowest BCUT2D eigenvalue weighted by Gasteiger charge is -2.34. The molecule has 0 unspecified atom stereocenters. The van der Waals surface area contributed by atoms with Gasteiger partial charge in [0.1, 0.15) is 24.0 Å². The SMILES string of the molecule is C[C@@H]1CCCN1Cc1sc(NC(=O)c2cnc(N3CCC(F)(C(=O)O)CC3)cn2)nc1-c1cc(F)cc(CF)c1. The van der Waals surface area contributed by atoms with E-state index in [1.54, 1.807) is 11.0 Å². The molecule has 5 rings (SSSR count). The monoisotopic (exact) mass is 574 g/mol. The summed E-state index contributed by atoms with van der Waals surface area (Å²) < 4.78 is 41.9. The first kappa shape index (κ1) is 28.0. The summed E-state index contributed by atoms with van der Waals surface area (Å²) in [7, 11) is 0. The number of thiazole rings is 1. The minimum absolute atomic E-state index is 0.0306. The van der Waals surface area contributed by atoms with Crippen LogP contribution in [0.2, 0.25) is 0 Å². The smallest absolute Gasteiger partial charge is 0.341 e. The van der Waals surface area contributed by atoms with E-state index in [1.165, 1.54) is 29.8 Å². The second-order valence-corrected chi connectivity index (χ2v) is 11.3. The second-order valence-electron chi connectivity index (χ2n) is 10.2. The third-order valence-electron chi connectivity index (χ3n) is 7.47. The predicted octanol–water partition coefficient (Wildman–Crippen LogP) is 4.84. The first-order valence-electron chi connectivity index (χ1n) is 13.1. The molecule has 1 aromatic carbocycles. The van der Waals surface area contributed by atoms with Gasteiger partial charge in [-0.1, -0.05) is 11.3 Å². The zero-order valence-corrected chi connectivity index (χ0v) is 22.7. The van der Waals surface area contributed by atoms with Crippen LogP contribution in [0, 0.1) is 5.82 Å². The summed E-state index contributed by atoms with van der Waals surface area (Å²) in [6.45, 7) is 3.14. The Morgan fingerprint density at radius 3 is 2.58 bits per heavy atom. The third kappa shape index (κ3) is 5.94.